The van der Waals surface area contributed by atoms with Gasteiger partial charge in [0.15, 0.2) is 5.96 Å². The highest BCUT2D eigenvalue weighted by molar-refractivity contribution is 5.79. The van der Waals surface area contributed by atoms with Crippen molar-refractivity contribution in [3.8, 4) is 0 Å². The van der Waals surface area contributed by atoms with Crippen LogP contribution in [0.15, 0.2) is 9.41 Å². The maximum atomic E-state index is 5.57. The zero-order chi connectivity index (χ0) is 16.4. The number of unbranched alkanes of at least 4 members (excludes halogenated alkanes) is 3. The minimum absolute atomic E-state index is 0.419. The van der Waals surface area contributed by atoms with Gasteiger partial charge in [0.05, 0.1) is 5.69 Å². The van der Waals surface area contributed by atoms with Gasteiger partial charge in [-0.2, -0.15) is 0 Å². The van der Waals surface area contributed by atoms with Gasteiger partial charge in [0.1, 0.15) is 12.3 Å². The second-order valence-electron chi connectivity index (χ2n) is 5.84. The van der Waals surface area contributed by atoms with Gasteiger partial charge in [0, 0.05) is 12.6 Å². The third kappa shape index (κ3) is 6.96. The predicted molar refractivity (Wildman–Crippen MR) is 92.1 cm³/mol. The summed E-state index contributed by atoms with van der Waals surface area (Å²) in [6, 6.07) is 0.419. The van der Waals surface area contributed by atoms with Gasteiger partial charge >= 0.3 is 0 Å². The van der Waals surface area contributed by atoms with Crippen molar-refractivity contribution in [2.24, 2.45) is 4.99 Å². The summed E-state index contributed by atoms with van der Waals surface area (Å²) in [6.07, 6.45) is 6.34. The number of oxazole rings is 1. The Labute approximate surface area is 135 Å². The summed E-state index contributed by atoms with van der Waals surface area (Å²) in [5, 5.41) is 6.73. The Morgan fingerprint density at radius 3 is 2.59 bits per heavy atom. The van der Waals surface area contributed by atoms with Crippen molar-refractivity contribution in [3.05, 3.63) is 17.3 Å². The van der Waals surface area contributed by atoms with Crippen molar-refractivity contribution >= 4 is 5.96 Å². The van der Waals surface area contributed by atoms with Crippen LogP contribution in [0.1, 0.15) is 70.2 Å². The van der Waals surface area contributed by atoms with E-state index in [4.69, 9.17) is 4.42 Å². The minimum atomic E-state index is 0.419. The maximum Gasteiger partial charge on any atom is 0.216 e. The second kappa shape index (κ2) is 10.2. The highest BCUT2D eigenvalue weighted by Crippen LogP contribution is 2.09. The van der Waals surface area contributed by atoms with E-state index in [1.54, 1.807) is 0 Å². The number of hydrogen-bond acceptors (Lipinski definition) is 3. The Balaban J connectivity index is 2.47. The fourth-order valence-corrected chi connectivity index (χ4v) is 2.26. The Bertz CT molecular complexity index is 434. The van der Waals surface area contributed by atoms with Crippen LogP contribution >= 0.6 is 0 Å². The second-order valence-corrected chi connectivity index (χ2v) is 5.84. The summed E-state index contributed by atoms with van der Waals surface area (Å²) >= 11 is 0. The van der Waals surface area contributed by atoms with Gasteiger partial charge in [-0.25, -0.2) is 9.98 Å². The number of hydrogen-bond donors (Lipinski definition) is 2. The first-order valence-electron chi connectivity index (χ1n) is 8.54. The van der Waals surface area contributed by atoms with E-state index in [0.717, 1.165) is 24.0 Å². The van der Waals surface area contributed by atoms with Crippen molar-refractivity contribution in [2.45, 2.75) is 79.3 Å². The van der Waals surface area contributed by atoms with Crippen LogP contribution in [0.3, 0.4) is 0 Å². The van der Waals surface area contributed by atoms with Crippen molar-refractivity contribution in [1.29, 1.82) is 0 Å². The number of nitrogens with zero attached hydrogens (tertiary/aromatic N) is 2. The van der Waals surface area contributed by atoms with Gasteiger partial charge < -0.3 is 15.1 Å². The summed E-state index contributed by atoms with van der Waals surface area (Å²) in [6.45, 7) is 11.7. The molecule has 0 amide bonds. The SMILES string of the molecule is CCCCCCC(C)NC(=NCc1nc(C)c(C)o1)NCC. The lowest BCUT2D eigenvalue weighted by Crippen LogP contribution is -2.42. The van der Waals surface area contributed by atoms with Gasteiger partial charge in [-0.3, -0.25) is 0 Å². The Hall–Kier alpha value is -1.52. The molecule has 0 aliphatic carbocycles. The third-order valence-electron chi connectivity index (χ3n) is 3.66. The molecule has 0 radical (unpaired) electrons. The molecule has 5 heteroatoms. The molecule has 2 N–H and O–H groups in total. The average molecular weight is 308 g/mol. The molecule has 1 unspecified atom stereocenters. The summed E-state index contributed by atoms with van der Waals surface area (Å²) < 4.78 is 5.57. The van der Waals surface area contributed by atoms with Crippen LogP contribution in [0.4, 0.5) is 0 Å². The molecule has 0 aromatic carbocycles. The van der Waals surface area contributed by atoms with Crippen LogP contribution in [-0.4, -0.2) is 23.5 Å². The molecule has 5 nitrogen and oxygen atoms in total. The van der Waals surface area contributed by atoms with Crippen molar-refractivity contribution in [1.82, 2.24) is 15.6 Å². The predicted octanol–water partition coefficient (Wildman–Crippen LogP) is 3.71. The van der Waals surface area contributed by atoms with Gasteiger partial charge in [-0.15, -0.1) is 0 Å². The van der Waals surface area contributed by atoms with Crippen LogP contribution in [-0.2, 0) is 6.54 Å². The van der Waals surface area contributed by atoms with E-state index in [-0.39, 0.29) is 0 Å². The van der Waals surface area contributed by atoms with E-state index in [1.807, 2.05) is 13.8 Å². The standard InChI is InChI=1S/C17H32N4O/c1-6-8-9-10-11-13(3)20-17(18-7-2)19-12-16-21-14(4)15(5)22-16/h13H,6-12H2,1-5H3,(H2,18,19,20). The number of guanidine groups is 1. The molecule has 1 aromatic heterocycles. The lowest BCUT2D eigenvalue weighted by molar-refractivity contribution is 0.472. The molecule has 0 aliphatic rings. The van der Waals surface area contributed by atoms with E-state index in [9.17, 15) is 0 Å². The minimum Gasteiger partial charge on any atom is -0.444 e. The summed E-state index contributed by atoms with van der Waals surface area (Å²) in [5.74, 6) is 2.37. The number of aliphatic imine (C=N–C) groups is 1. The number of aryl methyl sites for hydroxylation is 2. The fraction of sp³-hybridized carbons (Fsp3) is 0.765. The van der Waals surface area contributed by atoms with E-state index in [0.29, 0.717) is 18.5 Å². The molecule has 0 spiro atoms. The van der Waals surface area contributed by atoms with Crippen LogP contribution in [0.25, 0.3) is 0 Å². The molecule has 1 rings (SSSR count). The van der Waals surface area contributed by atoms with E-state index >= 15 is 0 Å². The Kier molecular flexibility index (Phi) is 8.63. The molecular weight excluding hydrogens is 276 g/mol. The average Bonchev–Trinajstić information content (AvgIpc) is 2.80. The number of rotatable bonds is 9. The normalized spacial score (nSPS) is 13.2. The van der Waals surface area contributed by atoms with Gasteiger partial charge in [-0.05, 0) is 34.1 Å². The Morgan fingerprint density at radius 1 is 1.23 bits per heavy atom. The molecule has 0 fully saturated rings. The highest BCUT2D eigenvalue weighted by Gasteiger charge is 2.07. The molecule has 1 aromatic rings. The van der Waals surface area contributed by atoms with Gasteiger partial charge in [-0.1, -0.05) is 32.6 Å². The lowest BCUT2D eigenvalue weighted by atomic mass is 10.1. The largest absolute Gasteiger partial charge is 0.444 e. The third-order valence-corrected chi connectivity index (χ3v) is 3.66. The molecule has 22 heavy (non-hydrogen) atoms. The van der Waals surface area contributed by atoms with Crippen molar-refractivity contribution in [3.63, 3.8) is 0 Å². The smallest absolute Gasteiger partial charge is 0.216 e. The molecule has 0 bridgehead atoms. The van der Waals surface area contributed by atoms with E-state index in [1.165, 1.54) is 32.1 Å². The monoisotopic (exact) mass is 308 g/mol. The fourth-order valence-electron chi connectivity index (χ4n) is 2.26. The first-order valence-corrected chi connectivity index (χ1v) is 8.54. The van der Waals surface area contributed by atoms with Crippen molar-refractivity contribution in [2.75, 3.05) is 6.54 Å². The van der Waals surface area contributed by atoms with Crippen LogP contribution < -0.4 is 10.6 Å². The number of aromatic nitrogens is 1. The Morgan fingerprint density at radius 2 is 2.00 bits per heavy atom. The summed E-state index contributed by atoms with van der Waals surface area (Å²) in [4.78, 5) is 8.92. The number of nitrogens with one attached hydrogen (secondary N) is 2. The van der Waals surface area contributed by atoms with Crippen LogP contribution in [0.5, 0.6) is 0 Å². The zero-order valence-electron chi connectivity index (χ0n) is 14.8. The van der Waals surface area contributed by atoms with Crippen LogP contribution in [0.2, 0.25) is 0 Å². The molecule has 126 valence electrons. The molecule has 1 atom stereocenters. The van der Waals surface area contributed by atoms with Gasteiger partial charge in [0.2, 0.25) is 5.89 Å². The summed E-state index contributed by atoms with van der Waals surface area (Å²) in [7, 11) is 0. The zero-order valence-corrected chi connectivity index (χ0v) is 14.8. The molecule has 0 saturated heterocycles. The lowest BCUT2D eigenvalue weighted by Gasteiger charge is -2.17. The molecule has 0 saturated carbocycles. The topological polar surface area (TPSA) is 62.5 Å². The maximum absolute atomic E-state index is 5.57. The molecule has 0 aliphatic heterocycles. The molecule has 1 heterocycles. The van der Waals surface area contributed by atoms with Gasteiger partial charge in [0.25, 0.3) is 0 Å². The molecular formula is C17H32N4O. The van der Waals surface area contributed by atoms with E-state index < -0.39 is 0 Å². The van der Waals surface area contributed by atoms with E-state index in [2.05, 4.69) is 41.4 Å². The first-order chi connectivity index (χ1) is 10.6. The highest BCUT2D eigenvalue weighted by atomic mass is 16.4. The first kappa shape index (κ1) is 18.5. The van der Waals surface area contributed by atoms with Crippen molar-refractivity contribution < 1.29 is 4.42 Å². The summed E-state index contributed by atoms with van der Waals surface area (Å²) in [5.41, 5.74) is 0.937. The van der Waals surface area contributed by atoms with Crippen LogP contribution in [0, 0.1) is 13.8 Å². The quantitative estimate of drug-likeness (QED) is 0.415.